The molecule has 2 aromatic heterocycles. The maximum absolute atomic E-state index is 13.1. The highest BCUT2D eigenvalue weighted by molar-refractivity contribution is 8.26. The van der Waals surface area contributed by atoms with Crippen LogP contribution in [0.4, 0.5) is 5.82 Å². The SMILES string of the molecule is C=CCN1C(=O)C(=Cc2c(NC(CC)CO)nc3ccccn3c2=O)SC1=S. The van der Waals surface area contributed by atoms with Crippen molar-refractivity contribution in [1.82, 2.24) is 14.3 Å². The van der Waals surface area contributed by atoms with E-state index in [1.165, 1.54) is 15.4 Å². The number of thiocarbonyl (C=S) groups is 1. The molecular formula is C19H20N4O3S2. The third kappa shape index (κ3) is 3.87. The van der Waals surface area contributed by atoms with Gasteiger partial charge in [-0.3, -0.25) is 18.9 Å². The first-order valence-corrected chi connectivity index (χ1v) is 9.97. The number of thioether (sulfide) groups is 1. The highest BCUT2D eigenvalue weighted by Gasteiger charge is 2.31. The Balaban J connectivity index is 2.14. The zero-order valence-electron chi connectivity index (χ0n) is 15.3. The zero-order chi connectivity index (χ0) is 20.3. The van der Waals surface area contributed by atoms with E-state index < -0.39 is 0 Å². The van der Waals surface area contributed by atoms with E-state index in [1.807, 2.05) is 6.92 Å². The first-order valence-electron chi connectivity index (χ1n) is 8.75. The van der Waals surface area contributed by atoms with E-state index in [4.69, 9.17) is 12.2 Å². The van der Waals surface area contributed by atoms with Crippen LogP contribution in [0.2, 0.25) is 0 Å². The number of amides is 1. The van der Waals surface area contributed by atoms with Gasteiger partial charge in [0.05, 0.1) is 23.1 Å². The summed E-state index contributed by atoms with van der Waals surface area (Å²) in [4.78, 5) is 32.0. The second-order valence-electron chi connectivity index (χ2n) is 6.12. The van der Waals surface area contributed by atoms with Crippen LogP contribution < -0.4 is 10.9 Å². The van der Waals surface area contributed by atoms with Gasteiger partial charge in [0.1, 0.15) is 15.8 Å². The largest absolute Gasteiger partial charge is 0.394 e. The number of aliphatic hydroxyl groups excluding tert-OH is 1. The van der Waals surface area contributed by atoms with Gasteiger partial charge in [0.2, 0.25) is 0 Å². The molecule has 0 aromatic carbocycles. The molecule has 3 rings (SSSR count). The number of carbonyl (C=O) groups is 1. The van der Waals surface area contributed by atoms with Gasteiger partial charge < -0.3 is 10.4 Å². The average molecular weight is 417 g/mol. The van der Waals surface area contributed by atoms with Crippen molar-refractivity contribution in [3.63, 3.8) is 0 Å². The fourth-order valence-electron chi connectivity index (χ4n) is 2.73. The topological polar surface area (TPSA) is 86.9 Å². The first kappa shape index (κ1) is 20.2. The Bertz CT molecular complexity index is 1030. The Morgan fingerprint density at radius 1 is 1.43 bits per heavy atom. The minimum Gasteiger partial charge on any atom is -0.394 e. The van der Waals surface area contributed by atoms with E-state index in [-0.39, 0.29) is 29.7 Å². The van der Waals surface area contributed by atoms with Crippen LogP contribution in [0.3, 0.4) is 0 Å². The van der Waals surface area contributed by atoms with Crippen LogP contribution in [-0.4, -0.2) is 48.8 Å². The fourth-order valence-corrected chi connectivity index (χ4v) is 3.99. The molecule has 1 amide bonds. The maximum atomic E-state index is 13.1. The Hall–Kier alpha value is -2.49. The normalized spacial score (nSPS) is 16.8. The number of rotatable bonds is 7. The molecule has 3 heterocycles. The van der Waals surface area contributed by atoms with Gasteiger partial charge in [0.25, 0.3) is 11.5 Å². The van der Waals surface area contributed by atoms with Gasteiger partial charge in [-0.05, 0) is 24.6 Å². The summed E-state index contributed by atoms with van der Waals surface area (Å²) >= 11 is 6.40. The van der Waals surface area contributed by atoms with Crippen molar-refractivity contribution in [2.75, 3.05) is 18.5 Å². The molecule has 9 heteroatoms. The van der Waals surface area contributed by atoms with Crippen LogP contribution in [0, 0.1) is 0 Å². The number of carbonyl (C=O) groups excluding carboxylic acids is 1. The number of aliphatic hydroxyl groups is 1. The van der Waals surface area contributed by atoms with E-state index in [1.54, 1.807) is 30.5 Å². The molecule has 1 atom stereocenters. The summed E-state index contributed by atoms with van der Waals surface area (Å²) in [5, 5.41) is 12.6. The molecule has 0 aliphatic carbocycles. The third-order valence-corrected chi connectivity index (χ3v) is 5.66. The number of pyridine rings is 1. The van der Waals surface area contributed by atoms with Crippen LogP contribution >= 0.6 is 24.0 Å². The van der Waals surface area contributed by atoms with Crippen LogP contribution in [-0.2, 0) is 4.79 Å². The highest BCUT2D eigenvalue weighted by Crippen LogP contribution is 2.33. The molecule has 1 aliphatic heterocycles. The molecule has 146 valence electrons. The van der Waals surface area contributed by atoms with Gasteiger partial charge >= 0.3 is 0 Å². The van der Waals surface area contributed by atoms with E-state index in [2.05, 4.69) is 16.9 Å². The number of aromatic nitrogens is 2. The van der Waals surface area contributed by atoms with Gasteiger partial charge in [-0.2, -0.15) is 0 Å². The summed E-state index contributed by atoms with van der Waals surface area (Å²) in [6.45, 7) is 5.76. The highest BCUT2D eigenvalue weighted by atomic mass is 32.2. The number of nitrogens with zero attached hydrogens (tertiary/aromatic N) is 3. The molecule has 28 heavy (non-hydrogen) atoms. The van der Waals surface area contributed by atoms with E-state index >= 15 is 0 Å². The summed E-state index contributed by atoms with van der Waals surface area (Å²) < 4.78 is 1.84. The van der Waals surface area contributed by atoms with Crippen molar-refractivity contribution in [2.45, 2.75) is 19.4 Å². The van der Waals surface area contributed by atoms with Crippen molar-refractivity contribution in [2.24, 2.45) is 0 Å². The molecule has 1 aliphatic rings. The molecule has 0 bridgehead atoms. The molecule has 7 nitrogen and oxygen atoms in total. The minimum absolute atomic E-state index is 0.104. The van der Waals surface area contributed by atoms with Crippen molar-refractivity contribution in [1.29, 1.82) is 0 Å². The lowest BCUT2D eigenvalue weighted by atomic mass is 10.2. The molecule has 0 radical (unpaired) electrons. The lowest BCUT2D eigenvalue weighted by molar-refractivity contribution is -0.121. The number of hydrogen-bond acceptors (Lipinski definition) is 7. The van der Waals surface area contributed by atoms with Crippen molar-refractivity contribution in [3.05, 3.63) is 57.9 Å². The number of fused-ring (bicyclic) bond motifs is 1. The average Bonchev–Trinajstić information content (AvgIpc) is 2.96. The summed E-state index contributed by atoms with van der Waals surface area (Å²) in [7, 11) is 0. The van der Waals surface area contributed by atoms with Crippen molar-refractivity contribution in [3.8, 4) is 0 Å². The second-order valence-corrected chi connectivity index (χ2v) is 7.80. The second kappa shape index (κ2) is 8.68. The summed E-state index contributed by atoms with van der Waals surface area (Å²) in [5.41, 5.74) is 0.406. The third-order valence-electron chi connectivity index (χ3n) is 4.28. The quantitative estimate of drug-likeness (QED) is 0.407. The molecule has 2 N–H and O–H groups in total. The van der Waals surface area contributed by atoms with E-state index in [9.17, 15) is 14.7 Å². The Labute approximate surface area is 171 Å². The van der Waals surface area contributed by atoms with Gasteiger partial charge in [-0.25, -0.2) is 4.98 Å². The minimum atomic E-state index is -0.310. The summed E-state index contributed by atoms with van der Waals surface area (Å²) in [6.07, 6.45) is 5.38. The first-order chi connectivity index (χ1) is 13.5. The van der Waals surface area contributed by atoms with Gasteiger partial charge in [0.15, 0.2) is 0 Å². The molecule has 1 unspecified atom stereocenters. The van der Waals surface area contributed by atoms with Crippen LogP contribution in [0.5, 0.6) is 0 Å². The predicted octanol–water partition coefficient (Wildman–Crippen LogP) is 2.26. The van der Waals surface area contributed by atoms with Gasteiger partial charge in [-0.1, -0.05) is 43.0 Å². The molecular weight excluding hydrogens is 396 g/mol. The lowest BCUT2D eigenvalue weighted by Crippen LogP contribution is -2.28. The van der Waals surface area contributed by atoms with Gasteiger partial charge in [-0.15, -0.1) is 6.58 Å². The lowest BCUT2D eigenvalue weighted by Gasteiger charge is -2.17. The smallest absolute Gasteiger partial charge is 0.267 e. The molecule has 0 spiro atoms. The summed E-state index contributed by atoms with van der Waals surface area (Å²) in [6, 6.07) is 4.98. The van der Waals surface area contributed by atoms with E-state index in [0.717, 1.165) is 11.8 Å². The Kier molecular flexibility index (Phi) is 6.28. The molecule has 1 fully saturated rings. The van der Waals surface area contributed by atoms with E-state index in [0.29, 0.717) is 33.7 Å². The summed E-state index contributed by atoms with van der Waals surface area (Å²) in [5.74, 6) is 0.0543. The molecule has 2 aromatic rings. The monoisotopic (exact) mass is 416 g/mol. The Morgan fingerprint density at radius 2 is 2.21 bits per heavy atom. The standard InChI is InChI=1S/C19H20N4O3S2/c1-3-8-23-18(26)14(28-19(23)27)10-13-16(20-12(4-2)11-24)21-15-7-5-6-9-22(15)17(13)25/h3,5-7,9-10,12,20,24H,1,4,8,11H2,2H3. The Morgan fingerprint density at radius 3 is 2.89 bits per heavy atom. The number of anilines is 1. The zero-order valence-corrected chi connectivity index (χ0v) is 16.9. The number of nitrogens with one attached hydrogen (secondary N) is 1. The fraction of sp³-hybridized carbons (Fsp3) is 0.263. The molecule has 1 saturated heterocycles. The van der Waals surface area contributed by atoms with Crippen molar-refractivity contribution < 1.29 is 9.90 Å². The maximum Gasteiger partial charge on any atom is 0.267 e. The van der Waals surface area contributed by atoms with Crippen LogP contribution in [0.15, 0.2) is 46.8 Å². The number of hydrogen-bond donors (Lipinski definition) is 2. The van der Waals surface area contributed by atoms with Crippen LogP contribution in [0.1, 0.15) is 18.9 Å². The molecule has 0 saturated carbocycles. The van der Waals surface area contributed by atoms with Gasteiger partial charge in [0, 0.05) is 12.7 Å². The van der Waals surface area contributed by atoms with Crippen molar-refractivity contribution >= 4 is 51.7 Å². The predicted molar refractivity (Wildman–Crippen MR) is 116 cm³/mol. The van der Waals surface area contributed by atoms with Crippen LogP contribution in [0.25, 0.3) is 11.7 Å².